The maximum atomic E-state index is 10.5. The Kier molecular flexibility index (Phi) is 6.51. The van der Waals surface area contributed by atoms with Gasteiger partial charge < -0.3 is 9.53 Å². The minimum absolute atomic E-state index is 0.165. The summed E-state index contributed by atoms with van der Waals surface area (Å²) in [5.41, 5.74) is 1.96. The van der Waals surface area contributed by atoms with E-state index in [4.69, 9.17) is 9.52 Å². The molecule has 1 unspecified atom stereocenters. The van der Waals surface area contributed by atoms with Gasteiger partial charge in [0.05, 0.1) is 30.6 Å². The lowest BCUT2D eigenvalue weighted by Crippen LogP contribution is -2.40. The Bertz CT molecular complexity index is 537. The smallest absolute Gasteiger partial charge is 0.192 e. The molecule has 5 heteroatoms. The summed E-state index contributed by atoms with van der Waals surface area (Å²) in [7, 11) is -1.81. The van der Waals surface area contributed by atoms with Crippen LogP contribution >= 0.6 is 0 Å². The van der Waals surface area contributed by atoms with E-state index in [1.807, 2.05) is 4.68 Å². The Morgan fingerprint density at radius 3 is 2.12 bits per heavy atom. The lowest BCUT2D eigenvalue weighted by Gasteiger charge is -2.36. The molecule has 1 atom stereocenters. The van der Waals surface area contributed by atoms with E-state index in [0.29, 0.717) is 19.1 Å². The monoisotopic (exact) mass is 354 g/mol. The zero-order chi connectivity index (χ0) is 18.9. The third-order valence-electron chi connectivity index (χ3n) is 5.21. The fraction of sp³-hybridized carbons (Fsp3) is 0.842. The number of aliphatic hydroxyl groups excluding tert-OH is 1. The molecular formula is C19H38N2O2Si. The molecule has 1 heterocycles. The number of hydrogen-bond acceptors (Lipinski definition) is 3. The molecule has 140 valence electrons. The molecule has 1 N–H and O–H groups in total. The molecule has 1 rings (SSSR count). The SMILES string of the molecule is CC(C)c1cc(CO[Si](C)(C)C(C)(C)C)n(CC(O)C(C)(C)C)n1. The van der Waals surface area contributed by atoms with Gasteiger partial charge in [-0.2, -0.15) is 5.10 Å². The predicted octanol–water partition coefficient (Wildman–Crippen LogP) is 4.94. The highest BCUT2D eigenvalue weighted by Gasteiger charge is 2.37. The number of aromatic nitrogens is 2. The van der Waals surface area contributed by atoms with Crippen molar-refractivity contribution in [3.63, 3.8) is 0 Å². The van der Waals surface area contributed by atoms with Gasteiger partial charge in [0.1, 0.15) is 0 Å². The number of nitrogens with zero attached hydrogens (tertiary/aromatic N) is 2. The summed E-state index contributed by atoms with van der Waals surface area (Å²) in [6, 6.07) is 2.13. The van der Waals surface area contributed by atoms with Gasteiger partial charge in [-0.05, 0) is 35.5 Å². The summed E-state index contributed by atoms with van der Waals surface area (Å²) in [5, 5.41) is 15.4. The van der Waals surface area contributed by atoms with Crippen LogP contribution in [0.25, 0.3) is 0 Å². The fourth-order valence-corrected chi connectivity index (χ4v) is 2.88. The van der Waals surface area contributed by atoms with Crippen molar-refractivity contribution in [2.24, 2.45) is 5.41 Å². The molecule has 0 amide bonds. The van der Waals surface area contributed by atoms with Crippen LogP contribution in [0.2, 0.25) is 18.1 Å². The van der Waals surface area contributed by atoms with Crippen LogP contribution < -0.4 is 0 Å². The van der Waals surface area contributed by atoms with Gasteiger partial charge in [-0.1, -0.05) is 55.4 Å². The second kappa shape index (κ2) is 7.30. The van der Waals surface area contributed by atoms with Crippen molar-refractivity contribution in [1.29, 1.82) is 0 Å². The molecule has 0 bridgehead atoms. The number of rotatable bonds is 6. The normalized spacial score (nSPS) is 15.2. The maximum Gasteiger partial charge on any atom is 0.192 e. The quantitative estimate of drug-likeness (QED) is 0.736. The Balaban J connectivity index is 3.01. The highest BCUT2D eigenvalue weighted by molar-refractivity contribution is 6.74. The van der Waals surface area contributed by atoms with Crippen LogP contribution in [0.5, 0.6) is 0 Å². The average Bonchev–Trinajstić information content (AvgIpc) is 2.77. The standard InChI is InChI=1S/C19H38N2O2Si/c1-14(2)16-11-15(13-23-24(9,10)19(6,7)8)21(20-16)12-17(22)18(3,4)5/h11,14,17,22H,12-13H2,1-10H3. The third kappa shape index (κ3) is 5.43. The van der Waals surface area contributed by atoms with Gasteiger partial charge in [0.15, 0.2) is 8.32 Å². The van der Waals surface area contributed by atoms with E-state index < -0.39 is 14.4 Å². The lowest BCUT2D eigenvalue weighted by molar-refractivity contribution is 0.0433. The van der Waals surface area contributed by atoms with Crippen molar-refractivity contribution in [2.75, 3.05) is 0 Å². The van der Waals surface area contributed by atoms with Gasteiger partial charge in [-0.15, -0.1) is 0 Å². The fourth-order valence-electron chi connectivity index (χ4n) is 1.94. The van der Waals surface area contributed by atoms with Crippen molar-refractivity contribution >= 4 is 8.32 Å². The van der Waals surface area contributed by atoms with Crippen LogP contribution in [0, 0.1) is 5.41 Å². The van der Waals surface area contributed by atoms with Crippen LogP contribution in [0.4, 0.5) is 0 Å². The van der Waals surface area contributed by atoms with Gasteiger partial charge >= 0.3 is 0 Å². The largest absolute Gasteiger partial charge is 0.411 e. The summed E-state index contributed by atoms with van der Waals surface area (Å²) < 4.78 is 8.32. The van der Waals surface area contributed by atoms with Gasteiger partial charge in [-0.25, -0.2) is 0 Å². The van der Waals surface area contributed by atoms with Gasteiger partial charge in [0.25, 0.3) is 0 Å². The second-order valence-electron chi connectivity index (χ2n) is 9.83. The summed E-state index contributed by atoms with van der Waals surface area (Å²) in [6.45, 7) is 22.8. The molecule has 0 fully saturated rings. The Hall–Kier alpha value is -0.653. The molecule has 0 aliphatic rings. The highest BCUT2D eigenvalue weighted by atomic mass is 28.4. The Labute approximate surface area is 149 Å². The molecule has 0 aliphatic heterocycles. The van der Waals surface area contributed by atoms with E-state index in [9.17, 15) is 5.11 Å². The topological polar surface area (TPSA) is 47.3 Å². The molecule has 1 aromatic heterocycles. The molecule has 0 saturated heterocycles. The summed E-state index contributed by atoms with van der Waals surface area (Å²) in [4.78, 5) is 0. The molecule has 4 nitrogen and oxygen atoms in total. The zero-order valence-electron chi connectivity index (χ0n) is 17.4. The van der Waals surface area contributed by atoms with E-state index >= 15 is 0 Å². The zero-order valence-corrected chi connectivity index (χ0v) is 18.4. The summed E-state index contributed by atoms with van der Waals surface area (Å²) in [6.07, 6.45) is -0.441. The van der Waals surface area contributed by atoms with Crippen LogP contribution in [0.3, 0.4) is 0 Å². The third-order valence-corrected chi connectivity index (χ3v) is 9.68. The van der Waals surface area contributed by atoms with Crippen molar-refractivity contribution < 1.29 is 9.53 Å². The van der Waals surface area contributed by atoms with Crippen LogP contribution in [0.15, 0.2) is 6.07 Å². The van der Waals surface area contributed by atoms with Gasteiger partial charge in [0.2, 0.25) is 0 Å². The first-order valence-electron chi connectivity index (χ1n) is 9.04. The second-order valence-corrected chi connectivity index (χ2v) is 14.6. The predicted molar refractivity (Wildman–Crippen MR) is 104 cm³/mol. The molecule has 24 heavy (non-hydrogen) atoms. The van der Waals surface area contributed by atoms with Crippen LogP contribution in [-0.2, 0) is 17.6 Å². The minimum atomic E-state index is -1.81. The van der Waals surface area contributed by atoms with E-state index in [1.54, 1.807) is 0 Å². The lowest BCUT2D eigenvalue weighted by atomic mass is 9.89. The van der Waals surface area contributed by atoms with E-state index in [-0.39, 0.29) is 10.5 Å². The van der Waals surface area contributed by atoms with Crippen LogP contribution in [-0.4, -0.2) is 29.3 Å². The van der Waals surface area contributed by atoms with Gasteiger partial charge in [0, 0.05) is 0 Å². The van der Waals surface area contributed by atoms with E-state index in [2.05, 4.69) is 74.6 Å². The van der Waals surface area contributed by atoms with Crippen molar-refractivity contribution in [3.05, 3.63) is 17.5 Å². The maximum absolute atomic E-state index is 10.5. The highest BCUT2D eigenvalue weighted by Crippen LogP contribution is 2.37. The molecule has 0 aliphatic carbocycles. The first kappa shape index (κ1) is 21.4. The molecule has 1 aromatic rings. The van der Waals surface area contributed by atoms with Crippen LogP contribution in [0.1, 0.15) is 72.7 Å². The molecular weight excluding hydrogens is 316 g/mol. The first-order chi connectivity index (χ1) is 10.6. The Morgan fingerprint density at radius 2 is 1.71 bits per heavy atom. The first-order valence-corrected chi connectivity index (χ1v) is 11.9. The molecule has 0 spiro atoms. The number of aliphatic hydroxyl groups is 1. The average molecular weight is 355 g/mol. The Morgan fingerprint density at radius 1 is 1.17 bits per heavy atom. The van der Waals surface area contributed by atoms with Crippen molar-refractivity contribution in [1.82, 2.24) is 9.78 Å². The van der Waals surface area contributed by atoms with E-state index in [0.717, 1.165) is 11.4 Å². The summed E-state index contributed by atoms with van der Waals surface area (Å²) in [5.74, 6) is 0.365. The van der Waals surface area contributed by atoms with E-state index in [1.165, 1.54) is 0 Å². The molecule has 0 aromatic carbocycles. The number of hydrogen-bond donors (Lipinski definition) is 1. The van der Waals surface area contributed by atoms with Crippen molar-refractivity contribution in [2.45, 2.75) is 98.7 Å². The molecule has 0 saturated carbocycles. The summed E-state index contributed by atoms with van der Waals surface area (Å²) >= 11 is 0. The molecule has 0 radical (unpaired) electrons. The minimum Gasteiger partial charge on any atom is -0.411 e. The van der Waals surface area contributed by atoms with Gasteiger partial charge in [-0.3, -0.25) is 4.68 Å². The van der Waals surface area contributed by atoms with Crippen molar-refractivity contribution in [3.8, 4) is 0 Å².